The summed E-state index contributed by atoms with van der Waals surface area (Å²) in [6.07, 6.45) is 4.02. The third kappa shape index (κ3) is 0.746. The van der Waals surface area contributed by atoms with Crippen molar-refractivity contribution in [1.29, 1.82) is 0 Å². The van der Waals surface area contributed by atoms with E-state index in [0.29, 0.717) is 5.41 Å². The van der Waals surface area contributed by atoms with Gasteiger partial charge < -0.3 is 4.57 Å². The molecule has 1 aliphatic heterocycles. The first-order valence-corrected chi connectivity index (χ1v) is 5.31. The molecular formula is C12H12N2. The molecule has 70 valence electrons. The Balaban J connectivity index is 2.00. The molecule has 0 unspecified atom stereocenters. The van der Waals surface area contributed by atoms with Crippen molar-refractivity contribution >= 4 is 11.0 Å². The third-order valence-corrected chi connectivity index (χ3v) is 3.72. The maximum Gasteiger partial charge on any atom is 0.110 e. The topological polar surface area (TPSA) is 17.8 Å². The van der Waals surface area contributed by atoms with Crippen LogP contribution in [0.15, 0.2) is 24.3 Å². The van der Waals surface area contributed by atoms with Gasteiger partial charge in [0.2, 0.25) is 0 Å². The highest BCUT2D eigenvalue weighted by Gasteiger charge is 2.48. The van der Waals surface area contributed by atoms with Crippen LogP contribution in [0.5, 0.6) is 0 Å². The zero-order valence-corrected chi connectivity index (χ0v) is 8.03. The number of para-hydroxylation sites is 2. The largest absolute Gasteiger partial charge is 0.327 e. The Morgan fingerprint density at radius 2 is 2.07 bits per heavy atom. The molecule has 2 heterocycles. The van der Waals surface area contributed by atoms with E-state index in [0.717, 1.165) is 5.52 Å². The van der Waals surface area contributed by atoms with E-state index in [-0.39, 0.29) is 0 Å². The Kier molecular flexibility index (Phi) is 1.02. The molecular weight excluding hydrogens is 172 g/mol. The zero-order valence-electron chi connectivity index (χ0n) is 8.03. The van der Waals surface area contributed by atoms with Gasteiger partial charge in [-0.15, -0.1) is 0 Å². The van der Waals surface area contributed by atoms with Crippen LogP contribution in [0.25, 0.3) is 11.0 Å². The Morgan fingerprint density at radius 1 is 1.21 bits per heavy atom. The Morgan fingerprint density at radius 3 is 2.93 bits per heavy atom. The third-order valence-electron chi connectivity index (χ3n) is 3.72. The highest BCUT2D eigenvalue weighted by atomic mass is 15.1. The lowest BCUT2D eigenvalue weighted by Gasteiger charge is -2.03. The monoisotopic (exact) mass is 184 g/mol. The van der Waals surface area contributed by atoms with Crippen LogP contribution >= 0.6 is 0 Å². The summed E-state index contributed by atoms with van der Waals surface area (Å²) in [7, 11) is 0. The van der Waals surface area contributed by atoms with Gasteiger partial charge in [-0.2, -0.15) is 0 Å². The molecule has 0 bridgehead atoms. The van der Waals surface area contributed by atoms with Crippen molar-refractivity contribution in [2.45, 2.75) is 25.8 Å². The van der Waals surface area contributed by atoms with Gasteiger partial charge in [0.05, 0.1) is 11.0 Å². The van der Waals surface area contributed by atoms with Crippen LogP contribution in [0.2, 0.25) is 0 Å². The Labute approximate surface area is 82.6 Å². The van der Waals surface area contributed by atoms with Crippen LogP contribution in [0.1, 0.15) is 18.7 Å². The standard InChI is InChI=1S/C12H12N2/c1-2-4-10-9(3-1)13-11-7-12(5-6-12)8-14(10)11/h1-4H,5-8H2. The first-order chi connectivity index (χ1) is 6.86. The minimum Gasteiger partial charge on any atom is -0.327 e. The van der Waals surface area contributed by atoms with Crippen molar-refractivity contribution in [3.63, 3.8) is 0 Å². The Bertz CT molecular complexity index is 520. The lowest BCUT2D eigenvalue weighted by atomic mass is 10.1. The first-order valence-electron chi connectivity index (χ1n) is 5.31. The number of aromatic nitrogens is 2. The predicted octanol–water partition coefficient (Wildman–Crippen LogP) is 2.37. The molecule has 2 nitrogen and oxygen atoms in total. The van der Waals surface area contributed by atoms with Crippen LogP contribution < -0.4 is 0 Å². The molecule has 2 aromatic rings. The molecule has 0 saturated heterocycles. The molecule has 2 aliphatic rings. The van der Waals surface area contributed by atoms with Gasteiger partial charge in [-0.3, -0.25) is 0 Å². The van der Waals surface area contributed by atoms with Crippen molar-refractivity contribution in [2.24, 2.45) is 5.41 Å². The average molecular weight is 184 g/mol. The van der Waals surface area contributed by atoms with E-state index in [1.54, 1.807) is 0 Å². The lowest BCUT2D eigenvalue weighted by Crippen LogP contribution is -2.01. The molecule has 2 heteroatoms. The maximum absolute atomic E-state index is 4.69. The predicted molar refractivity (Wildman–Crippen MR) is 55.1 cm³/mol. The fourth-order valence-electron chi connectivity index (χ4n) is 2.68. The molecule has 1 aromatic heterocycles. The van der Waals surface area contributed by atoms with Crippen molar-refractivity contribution in [1.82, 2.24) is 9.55 Å². The van der Waals surface area contributed by atoms with E-state index in [9.17, 15) is 0 Å². The summed E-state index contributed by atoms with van der Waals surface area (Å²) in [4.78, 5) is 4.69. The van der Waals surface area contributed by atoms with E-state index in [1.165, 1.54) is 37.1 Å². The summed E-state index contributed by atoms with van der Waals surface area (Å²) >= 11 is 0. The van der Waals surface area contributed by atoms with Crippen LogP contribution in [0.4, 0.5) is 0 Å². The van der Waals surface area contributed by atoms with Crippen LogP contribution in [0.3, 0.4) is 0 Å². The summed E-state index contributed by atoms with van der Waals surface area (Å²) in [5.74, 6) is 1.31. The second-order valence-corrected chi connectivity index (χ2v) is 4.78. The highest BCUT2D eigenvalue weighted by molar-refractivity contribution is 5.76. The molecule has 4 rings (SSSR count). The van der Waals surface area contributed by atoms with Crippen molar-refractivity contribution in [3.05, 3.63) is 30.1 Å². The van der Waals surface area contributed by atoms with E-state index in [1.807, 2.05) is 0 Å². The SMILES string of the molecule is c1ccc2c(c1)nc1n2CC2(CC2)C1. The van der Waals surface area contributed by atoms with Gasteiger partial charge in [-0.25, -0.2) is 4.98 Å². The molecule has 0 amide bonds. The molecule has 0 radical (unpaired) electrons. The highest BCUT2D eigenvalue weighted by Crippen LogP contribution is 2.53. The van der Waals surface area contributed by atoms with Gasteiger partial charge in [0.25, 0.3) is 0 Å². The fourth-order valence-corrected chi connectivity index (χ4v) is 2.68. The quantitative estimate of drug-likeness (QED) is 0.614. The maximum atomic E-state index is 4.69. The molecule has 1 spiro atoms. The average Bonchev–Trinajstić information content (AvgIpc) is 2.70. The summed E-state index contributed by atoms with van der Waals surface area (Å²) in [6.45, 7) is 1.21. The van der Waals surface area contributed by atoms with E-state index < -0.39 is 0 Å². The number of imidazole rings is 1. The van der Waals surface area contributed by atoms with Crippen LogP contribution in [0, 0.1) is 5.41 Å². The summed E-state index contributed by atoms with van der Waals surface area (Å²) in [5.41, 5.74) is 3.12. The fraction of sp³-hybridized carbons (Fsp3) is 0.417. The van der Waals surface area contributed by atoms with Gasteiger partial charge in [0, 0.05) is 13.0 Å². The van der Waals surface area contributed by atoms with Gasteiger partial charge >= 0.3 is 0 Å². The number of fused-ring (bicyclic) bond motifs is 3. The molecule has 0 N–H and O–H groups in total. The van der Waals surface area contributed by atoms with Crippen molar-refractivity contribution in [3.8, 4) is 0 Å². The number of hydrogen-bond acceptors (Lipinski definition) is 1. The molecule has 0 atom stereocenters. The molecule has 14 heavy (non-hydrogen) atoms. The molecule has 1 saturated carbocycles. The number of rotatable bonds is 0. The second-order valence-electron chi connectivity index (χ2n) is 4.78. The minimum absolute atomic E-state index is 0.631. The summed E-state index contributed by atoms with van der Waals surface area (Å²) < 4.78 is 2.42. The van der Waals surface area contributed by atoms with Crippen LogP contribution in [-0.2, 0) is 13.0 Å². The van der Waals surface area contributed by atoms with Gasteiger partial charge in [0.1, 0.15) is 5.82 Å². The van der Waals surface area contributed by atoms with Gasteiger partial charge in [0.15, 0.2) is 0 Å². The normalized spacial score (nSPS) is 21.7. The number of benzene rings is 1. The van der Waals surface area contributed by atoms with E-state index >= 15 is 0 Å². The summed E-state index contributed by atoms with van der Waals surface area (Å²) in [5, 5.41) is 0. The van der Waals surface area contributed by atoms with Crippen molar-refractivity contribution < 1.29 is 0 Å². The molecule has 1 fully saturated rings. The smallest absolute Gasteiger partial charge is 0.110 e. The van der Waals surface area contributed by atoms with Crippen molar-refractivity contribution in [2.75, 3.05) is 0 Å². The first kappa shape index (κ1) is 7.04. The van der Waals surface area contributed by atoms with Gasteiger partial charge in [-0.1, -0.05) is 12.1 Å². The second kappa shape index (κ2) is 2.02. The number of nitrogens with zero attached hydrogens (tertiary/aromatic N) is 2. The summed E-state index contributed by atoms with van der Waals surface area (Å²) in [6, 6.07) is 8.47. The minimum atomic E-state index is 0.631. The number of hydrogen-bond donors (Lipinski definition) is 0. The van der Waals surface area contributed by atoms with Crippen LogP contribution in [-0.4, -0.2) is 9.55 Å². The van der Waals surface area contributed by atoms with E-state index in [4.69, 9.17) is 4.98 Å². The molecule has 1 aromatic carbocycles. The molecule has 1 aliphatic carbocycles. The zero-order chi connectivity index (χ0) is 9.17. The van der Waals surface area contributed by atoms with Gasteiger partial charge in [-0.05, 0) is 30.4 Å². The Hall–Kier alpha value is -1.31. The lowest BCUT2D eigenvalue weighted by molar-refractivity contribution is 0.501. The van der Waals surface area contributed by atoms with E-state index in [2.05, 4.69) is 28.8 Å².